The first kappa shape index (κ1) is 14.4. The van der Waals surface area contributed by atoms with Crippen LogP contribution in [0.2, 0.25) is 0 Å². The monoisotopic (exact) mass is 292 g/mol. The third-order valence-electron chi connectivity index (χ3n) is 2.77. The molecule has 0 saturated heterocycles. The van der Waals surface area contributed by atoms with Gasteiger partial charge in [-0.25, -0.2) is 4.98 Å². The van der Waals surface area contributed by atoms with Gasteiger partial charge in [-0.1, -0.05) is 17.8 Å². The minimum atomic E-state index is -0.354. The lowest BCUT2D eigenvalue weighted by molar-refractivity contribution is -0.384. The molecule has 2 rings (SSSR count). The number of rotatable bonds is 6. The Morgan fingerprint density at radius 3 is 2.90 bits per heavy atom. The van der Waals surface area contributed by atoms with Gasteiger partial charge < -0.3 is 9.88 Å². The summed E-state index contributed by atoms with van der Waals surface area (Å²) in [5.74, 6) is 0.651. The number of aromatic nitrogens is 2. The minimum Gasteiger partial charge on any atom is -0.380 e. The lowest BCUT2D eigenvalue weighted by atomic mass is 10.2. The predicted octanol–water partition coefficient (Wildman–Crippen LogP) is 3.05. The van der Waals surface area contributed by atoms with Gasteiger partial charge in [0.1, 0.15) is 5.69 Å². The maximum atomic E-state index is 11.1. The Hall–Kier alpha value is -2.02. The largest absolute Gasteiger partial charge is 0.380 e. The van der Waals surface area contributed by atoms with Crippen LogP contribution < -0.4 is 5.32 Å². The SMILES string of the molecule is CCNc1ccc(CSc2nccn2C)cc1[N+](=O)[O-]. The maximum Gasteiger partial charge on any atom is 0.292 e. The van der Waals surface area contributed by atoms with Crippen LogP contribution in [0.3, 0.4) is 0 Å². The van der Waals surface area contributed by atoms with Crippen LogP contribution in [0.4, 0.5) is 11.4 Å². The number of imidazole rings is 1. The van der Waals surface area contributed by atoms with Crippen molar-refractivity contribution in [1.29, 1.82) is 0 Å². The van der Waals surface area contributed by atoms with E-state index in [0.717, 1.165) is 10.7 Å². The second kappa shape index (κ2) is 6.42. The van der Waals surface area contributed by atoms with Crippen LogP contribution in [0, 0.1) is 10.1 Å². The Balaban J connectivity index is 2.14. The normalized spacial score (nSPS) is 10.5. The van der Waals surface area contributed by atoms with E-state index >= 15 is 0 Å². The average Bonchev–Trinajstić information content (AvgIpc) is 2.83. The Morgan fingerprint density at radius 1 is 1.50 bits per heavy atom. The van der Waals surface area contributed by atoms with Crippen molar-refractivity contribution < 1.29 is 4.92 Å². The summed E-state index contributed by atoms with van der Waals surface area (Å²) in [5, 5.41) is 15.0. The fourth-order valence-electron chi connectivity index (χ4n) is 1.80. The fraction of sp³-hybridized carbons (Fsp3) is 0.308. The Labute approximate surface area is 121 Å². The molecule has 106 valence electrons. The van der Waals surface area contributed by atoms with Crippen LogP contribution in [0.25, 0.3) is 0 Å². The smallest absolute Gasteiger partial charge is 0.292 e. The van der Waals surface area contributed by atoms with Crippen molar-refractivity contribution in [2.45, 2.75) is 17.8 Å². The molecule has 0 aliphatic rings. The molecule has 0 bridgehead atoms. The summed E-state index contributed by atoms with van der Waals surface area (Å²) < 4.78 is 1.92. The van der Waals surface area contributed by atoms with Crippen molar-refractivity contribution in [2.24, 2.45) is 7.05 Å². The van der Waals surface area contributed by atoms with Crippen LogP contribution in [-0.4, -0.2) is 21.0 Å². The van der Waals surface area contributed by atoms with Crippen molar-refractivity contribution in [2.75, 3.05) is 11.9 Å². The van der Waals surface area contributed by atoms with Gasteiger partial charge in [-0.15, -0.1) is 0 Å². The molecule has 1 N–H and O–H groups in total. The van der Waals surface area contributed by atoms with E-state index in [9.17, 15) is 10.1 Å². The van der Waals surface area contributed by atoms with Crippen LogP contribution in [0.1, 0.15) is 12.5 Å². The molecule has 1 heterocycles. The number of hydrogen-bond acceptors (Lipinski definition) is 5. The van der Waals surface area contributed by atoms with Gasteiger partial charge in [-0.2, -0.15) is 0 Å². The highest BCUT2D eigenvalue weighted by atomic mass is 32.2. The van der Waals surface area contributed by atoms with Crippen LogP contribution in [0.5, 0.6) is 0 Å². The molecule has 1 aromatic carbocycles. The van der Waals surface area contributed by atoms with E-state index in [1.807, 2.05) is 30.8 Å². The Bertz CT molecular complexity index is 612. The zero-order valence-corrected chi connectivity index (χ0v) is 12.2. The van der Waals surface area contributed by atoms with Gasteiger partial charge in [0, 0.05) is 37.8 Å². The summed E-state index contributed by atoms with van der Waals surface area (Å²) in [6.45, 7) is 2.57. The average molecular weight is 292 g/mol. The number of nitro groups is 1. The van der Waals surface area contributed by atoms with Crippen LogP contribution >= 0.6 is 11.8 Å². The molecular formula is C13H16N4O2S. The van der Waals surface area contributed by atoms with E-state index in [0.29, 0.717) is 18.0 Å². The Morgan fingerprint density at radius 2 is 2.30 bits per heavy atom. The number of thioether (sulfide) groups is 1. The van der Waals surface area contributed by atoms with Gasteiger partial charge >= 0.3 is 0 Å². The molecule has 20 heavy (non-hydrogen) atoms. The van der Waals surface area contributed by atoms with E-state index in [4.69, 9.17) is 0 Å². The maximum absolute atomic E-state index is 11.1. The number of nitro benzene ring substituents is 1. The van der Waals surface area contributed by atoms with Crippen molar-refractivity contribution in [3.05, 3.63) is 46.3 Å². The first-order chi connectivity index (χ1) is 9.61. The summed E-state index contributed by atoms with van der Waals surface area (Å²) >= 11 is 1.56. The number of aryl methyl sites for hydroxylation is 1. The number of hydrogen-bond donors (Lipinski definition) is 1. The van der Waals surface area contributed by atoms with Gasteiger partial charge in [0.15, 0.2) is 5.16 Å². The molecular weight excluding hydrogens is 276 g/mol. The molecule has 0 amide bonds. The van der Waals surface area contributed by atoms with Crippen molar-refractivity contribution in [3.63, 3.8) is 0 Å². The third-order valence-corrected chi connectivity index (χ3v) is 3.90. The van der Waals surface area contributed by atoms with Gasteiger partial charge in [-0.3, -0.25) is 10.1 Å². The Kier molecular flexibility index (Phi) is 4.62. The standard InChI is InChI=1S/C13H16N4O2S/c1-3-14-11-5-4-10(8-12(11)17(18)19)9-20-13-15-6-7-16(13)2/h4-8,14H,3,9H2,1-2H3. The third kappa shape index (κ3) is 3.30. The highest BCUT2D eigenvalue weighted by molar-refractivity contribution is 7.98. The molecule has 0 atom stereocenters. The topological polar surface area (TPSA) is 73.0 Å². The molecule has 0 saturated carbocycles. The van der Waals surface area contributed by atoms with E-state index in [2.05, 4.69) is 10.3 Å². The molecule has 0 fully saturated rings. The van der Waals surface area contributed by atoms with Crippen molar-refractivity contribution in [3.8, 4) is 0 Å². The molecule has 0 spiro atoms. The zero-order chi connectivity index (χ0) is 14.5. The molecule has 1 aromatic heterocycles. The van der Waals surface area contributed by atoms with Gasteiger partial charge in [0.2, 0.25) is 0 Å². The fourth-order valence-corrected chi connectivity index (χ4v) is 2.67. The molecule has 0 radical (unpaired) electrons. The van der Waals surface area contributed by atoms with Crippen LogP contribution in [0.15, 0.2) is 35.7 Å². The summed E-state index contributed by atoms with van der Waals surface area (Å²) in [5.41, 5.74) is 1.58. The van der Waals surface area contributed by atoms with Gasteiger partial charge in [0.05, 0.1) is 4.92 Å². The second-order valence-corrected chi connectivity index (χ2v) is 5.19. The van der Waals surface area contributed by atoms with E-state index in [-0.39, 0.29) is 10.6 Å². The van der Waals surface area contributed by atoms with Gasteiger partial charge in [-0.05, 0) is 18.6 Å². The number of nitrogens with one attached hydrogen (secondary N) is 1. The second-order valence-electron chi connectivity index (χ2n) is 4.25. The van der Waals surface area contributed by atoms with Gasteiger partial charge in [0.25, 0.3) is 5.69 Å². The summed E-state index contributed by atoms with van der Waals surface area (Å²) in [7, 11) is 1.92. The first-order valence-corrected chi connectivity index (χ1v) is 7.21. The summed E-state index contributed by atoms with van der Waals surface area (Å²) in [6, 6.07) is 5.28. The van der Waals surface area contributed by atoms with E-state index < -0.39 is 0 Å². The highest BCUT2D eigenvalue weighted by Crippen LogP contribution is 2.28. The molecule has 0 aliphatic carbocycles. The molecule has 2 aromatic rings. The molecule has 7 heteroatoms. The highest BCUT2D eigenvalue weighted by Gasteiger charge is 2.14. The molecule has 0 unspecified atom stereocenters. The summed E-state index contributed by atoms with van der Waals surface area (Å²) in [4.78, 5) is 14.9. The number of anilines is 1. The van der Waals surface area contributed by atoms with E-state index in [1.165, 1.54) is 0 Å². The molecule has 6 nitrogen and oxygen atoms in total. The van der Waals surface area contributed by atoms with Crippen molar-refractivity contribution >= 4 is 23.1 Å². The lowest BCUT2D eigenvalue weighted by Crippen LogP contribution is -2.01. The van der Waals surface area contributed by atoms with Crippen LogP contribution in [-0.2, 0) is 12.8 Å². The lowest BCUT2D eigenvalue weighted by Gasteiger charge is -2.07. The quantitative estimate of drug-likeness (QED) is 0.503. The van der Waals surface area contributed by atoms with Crippen molar-refractivity contribution in [1.82, 2.24) is 9.55 Å². The number of benzene rings is 1. The van der Waals surface area contributed by atoms with E-state index in [1.54, 1.807) is 30.1 Å². The number of nitrogens with zero attached hydrogens (tertiary/aromatic N) is 3. The zero-order valence-electron chi connectivity index (χ0n) is 11.4. The first-order valence-electron chi connectivity index (χ1n) is 6.23. The predicted molar refractivity (Wildman–Crippen MR) is 80.0 cm³/mol. The summed E-state index contributed by atoms with van der Waals surface area (Å²) in [6.07, 6.45) is 3.61. The molecule has 0 aliphatic heterocycles. The minimum absolute atomic E-state index is 0.116.